The van der Waals surface area contributed by atoms with E-state index in [1.165, 1.54) is 19.3 Å². The lowest BCUT2D eigenvalue weighted by atomic mass is 9.76. The summed E-state index contributed by atoms with van der Waals surface area (Å²) in [6.07, 6.45) is 5.91. The number of carbonyl (C=O) groups excluding carboxylic acids is 2. The normalized spacial score (nSPS) is 19.9. The van der Waals surface area contributed by atoms with E-state index in [9.17, 15) is 9.59 Å². The van der Waals surface area contributed by atoms with Crippen LogP contribution in [0.4, 0.5) is 0 Å². The molecule has 1 aliphatic rings. The lowest BCUT2D eigenvalue weighted by Gasteiger charge is -2.33. The molecule has 0 radical (unpaired) electrons. The van der Waals surface area contributed by atoms with Gasteiger partial charge in [-0.1, -0.05) is 26.2 Å². The second-order valence-electron chi connectivity index (χ2n) is 5.32. The van der Waals surface area contributed by atoms with Crippen molar-refractivity contribution in [3.8, 4) is 0 Å². The minimum Gasteiger partial charge on any atom is -0.464 e. The lowest BCUT2D eigenvalue weighted by Crippen LogP contribution is -2.49. The third-order valence-corrected chi connectivity index (χ3v) is 3.57. The smallest absolute Gasteiger partial charge is 0.332 e. The summed E-state index contributed by atoms with van der Waals surface area (Å²) in [5.74, 6) is -1.11. The Kier molecular flexibility index (Phi) is 5.59. The van der Waals surface area contributed by atoms with Gasteiger partial charge in [0.05, 0.1) is 6.61 Å². The second-order valence-corrected chi connectivity index (χ2v) is 5.32. The molecule has 1 amide bonds. The van der Waals surface area contributed by atoms with Gasteiger partial charge < -0.3 is 15.8 Å². The highest BCUT2D eigenvalue weighted by molar-refractivity contribution is 6.01. The minimum atomic E-state index is -1.21. The highest BCUT2D eigenvalue weighted by Gasteiger charge is 2.29. The van der Waals surface area contributed by atoms with Gasteiger partial charge >= 0.3 is 5.97 Å². The van der Waals surface area contributed by atoms with Crippen LogP contribution in [0.2, 0.25) is 0 Å². The van der Waals surface area contributed by atoms with Gasteiger partial charge in [0.25, 0.3) is 0 Å². The highest BCUT2D eigenvalue weighted by atomic mass is 16.5. The molecule has 0 spiro atoms. The summed E-state index contributed by atoms with van der Waals surface area (Å²) in [6.45, 7) is 4.67. The van der Waals surface area contributed by atoms with Crippen LogP contribution in [0.15, 0.2) is 0 Å². The first-order chi connectivity index (χ1) is 8.48. The molecule has 18 heavy (non-hydrogen) atoms. The molecule has 1 saturated carbocycles. The molecular weight excluding hydrogens is 232 g/mol. The van der Waals surface area contributed by atoms with Crippen LogP contribution in [-0.4, -0.2) is 31.1 Å². The average molecular weight is 256 g/mol. The lowest BCUT2D eigenvalue weighted by molar-refractivity contribution is -0.148. The van der Waals surface area contributed by atoms with Crippen molar-refractivity contribution in [2.75, 3.05) is 13.2 Å². The van der Waals surface area contributed by atoms with Crippen LogP contribution in [0.25, 0.3) is 0 Å². The molecule has 0 bridgehead atoms. The molecule has 1 rings (SSSR count). The first kappa shape index (κ1) is 15.0. The van der Waals surface area contributed by atoms with Crippen LogP contribution in [-0.2, 0) is 14.3 Å². The van der Waals surface area contributed by atoms with E-state index in [0.717, 1.165) is 12.8 Å². The molecule has 5 heteroatoms. The Bertz CT molecular complexity index is 299. The molecule has 104 valence electrons. The molecule has 0 aromatic heterocycles. The van der Waals surface area contributed by atoms with Crippen molar-refractivity contribution < 1.29 is 14.3 Å². The van der Waals surface area contributed by atoms with Crippen molar-refractivity contribution in [1.29, 1.82) is 0 Å². The van der Waals surface area contributed by atoms with Crippen LogP contribution >= 0.6 is 0 Å². The average Bonchev–Trinajstić information content (AvgIpc) is 2.36. The zero-order valence-electron chi connectivity index (χ0n) is 11.3. The molecule has 1 atom stereocenters. The Morgan fingerprint density at radius 3 is 2.50 bits per heavy atom. The van der Waals surface area contributed by atoms with Gasteiger partial charge in [0.2, 0.25) is 5.91 Å². The molecule has 0 saturated heterocycles. The molecule has 5 nitrogen and oxygen atoms in total. The molecule has 0 heterocycles. The van der Waals surface area contributed by atoms with Crippen molar-refractivity contribution in [1.82, 2.24) is 5.32 Å². The van der Waals surface area contributed by atoms with Crippen molar-refractivity contribution in [3.05, 3.63) is 0 Å². The predicted molar refractivity (Wildman–Crippen MR) is 68.8 cm³/mol. The summed E-state index contributed by atoms with van der Waals surface area (Å²) >= 11 is 0. The van der Waals surface area contributed by atoms with E-state index < -0.39 is 17.9 Å². The summed E-state index contributed by atoms with van der Waals surface area (Å²) < 4.78 is 4.72. The van der Waals surface area contributed by atoms with Gasteiger partial charge in [-0.25, -0.2) is 4.79 Å². The number of carbonyl (C=O) groups is 2. The Morgan fingerprint density at radius 2 is 1.94 bits per heavy atom. The van der Waals surface area contributed by atoms with Gasteiger partial charge in [0.15, 0.2) is 6.04 Å². The predicted octanol–water partition coefficient (Wildman–Crippen LogP) is 0.963. The zero-order valence-corrected chi connectivity index (χ0v) is 11.3. The molecule has 0 aromatic carbocycles. The van der Waals surface area contributed by atoms with E-state index in [1.807, 2.05) is 0 Å². The molecular formula is C13H24N2O3. The van der Waals surface area contributed by atoms with E-state index >= 15 is 0 Å². The van der Waals surface area contributed by atoms with Crippen LogP contribution in [0.5, 0.6) is 0 Å². The van der Waals surface area contributed by atoms with Crippen LogP contribution in [0, 0.1) is 5.41 Å². The van der Waals surface area contributed by atoms with Crippen molar-refractivity contribution in [2.24, 2.45) is 11.1 Å². The van der Waals surface area contributed by atoms with Gasteiger partial charge in [-0.2, -0.15) is 0 Å². The van der Waals surface area contributed by atoms with Crippen LogP contribution < -0.4 is 11.1 Å². The Hall–Kier alpha value is -1.10. The SMILES string of the molecule is CCOC(=O)C(N)C(=O)NCC1(C)CCCCC1. The summed E-state index contributed by atoms with van der Waals surface area (Å²) in [6, 6.07) is -1.21. The third kappa shape index (κ3) is 4.29. The molecule has 0 aromatic rings. The standard InChI is InChI=1S/C13H24N2O3/c1-3-18-12(17)10(14)11(16)15-9-13(2)7-5-4-6-8-13/h10H,3-9,14H2,1-2H3,(H,15,16). The van der Waals surface area contributed by atoms with E-state index in [1.54, 1.807) is 6.92 Å². The van der Waals surface area contributed by atoms with E-state index in [-0.39, 0.29) is 12.0 Å². The third-order valence-electron chi connectivity index (χ3n) is 3.57. The van der Waals surface area contributed by atoms with Gasteiger partial charge in [-0.3, -0.25) is 4.79 Å². The Morgan fingerprint density at radius 1 is 1.33 bits per heavy atom. The zero-order chi connectivity index (χ0) is 13.6. The molecule has 1 fully saturated rings. The number of ether oxygens (including phenoxy) is 1. The van der Waals surface area contributed by atoms with E-state index in [2.05, 4.69) is 12.2 Å². The monoisotopic (exact) mass is 256 g/mol. The second kappa shape index (κ2) is 6.73. The number of hydrogen-bond acceptors (Lipinski definition) is 4. The van der Waals surface area contributed by atoms with Crippen molar-refractivity contribution in [3.63, 3.8) is 0 Å². The number of rotatable bonds is 5. The van der Waals surface area contributed by atoms with Gasteiger partial charge in [-0.05, 0) is 25.2 Å². The Labute approximate surface area is 108 Å². The first-order valence-corrected chi connectivity index (χ1v) is 6.68. The fourth-order valence-corrected chi connectivity index (χ4v) is 2.33. The van der Waals surface area contributed by atoms with Crippen LogP contribution in [0.1, 0.15) is 46.0 Å². The molecule has 0 aliphatic heterocycles. The Balaban J connectivity index is 2.37. The van der Waals surface area contributed by atoms with Gasteiger partial charge in [0, 0.05) is 6.54 Å². The largest absolute Gasteiger partial charge is 0.464 e. The number of nitrogens with one attached hydrogen (secondary N) is 1. The molecule has 3 N–H and O–H groups in total. The summed E-state index contributed by atoms with van der Waals surface area (Å²) in [5, 5.41) is 2.77. The first-order valence-electron chi connectivity index (χ1n) is 6.68. The van der Waals surface area contributed by atoms with Crippen LogP contribution in [0.3, 0.4) is 0 Å². The highest BCUT2D eigenvalue weighted by Crippen LogP contribution is 2.34. The maximum Gasteiger partial charge on any atom is 0.332 e. The topological polar surface area (TPSA) is 81.4 Å². The molecule has 1 unspecified atom stereocenters. The minimum absolute atomic E-state index is 0.141. The van der Waals surface area contributed by atoms with Gasteiger partial charge in [-0.15, -0.1) is 0 Å². The number of nitrogens with two attached hydrogens (primary N) is 1. The van der Waals surface area contributed by atoms with Crippen molar-refractivity contribution >= 4 is 11.9 Å². The maximum atomic E-state index is 11.7. The van der Waals surface area contributed by atoms with E-state index in [0.29, 0.717) is 6.54 Å². The summed E-state index contributed by atoms with van der Waals surface area (Å²) in [7, 11) is 0. The summed E-state index contributed by atoms with van der Waals surface area (Å²) in [4.78, 5) is 23.0. The van der Waals surface area contributed by atoms with Gasteiger partial charge in [0.1, 0.15) is 0 Å². The number of esters is 1. The molecule has 1 aliphatic carbocycles. The summed E-state index contributed by atoms with van der Waals surface area (Å²) in [5.41, 5.74) is 5.66. The maximum absolute atomic E-state index is 11.7. The number of amides is 1. The number of hydrogen-bond donors (Lipinski definition) is 2. The fraction of sp³-hybridized carbons (Fsp3) is 0.846. The fourth-order valence-electron chi connectivity index (χ4n) is 2.33. The van der Waals surface area contributed by atoms with E-state index in [4.69, 9.17) is 10.5 Å². The van der Waals surface area contributed by atoms with Crippen molar-refractivity contribution in [2.45, 2.75) is 52.0 Å². The quantitative estimate of drug-likeness (QED) is 0.567.